The average Bonchev–Trinajstić information content (AvgIpc) is 3.24. The topological polar surface area (TPSA) is 72.0 Å². The van der Waals surface area contributed by atoms with Crippen LogP contribution in [-0.2, 0) is 27.4 Å². The highest BCUT2D eigenvalue weighted by atomic mass is 19.1. The third kappa shape index (κ3) is 2.73. The minimum absolute atomic E-state index is 0.0105. The number of anilines is 2. The van der Waals surface area contributed by atoms with Crippen LogP contribution in [0.5, 0.6) is 0 Å². The first-order valence-corrected chi connectivity index (χ1v) is 8.10. The van der Waals surface area contributed by atoms with Crippen LogP contribution < -0.4 is 9.80 Å². The second kappa shape index (κ2) is 6.29. The van der Waals surface area contributed by atoms with Crippen LogP contribution in [0.4, 0.5) is 20.6 Å². The predicted molar refractivity (Wildman–Crippen MR) is 90.2 cm³/mol. The number of hydrogen-bond acceptors (Lipinski definition) is 6. The number of pyridine rings is 1. The van der Waals surface area contributed by atoms with Gasteiger partial charge in [0.2, 0.25) is 6.10 Å². The molecule has 1 saturated heterocycles. The Morgan fingerprint density at radius 1 is 1.35 bits per heavy atom. The molecule has 2 aliphatic heterocycles. The van der Waals surface area contributed by atoms with Crippen molar-refractivity contribution in [3.63, 3.8) is 0 Å². The molecule has 0 unspecified atom stereocenters. The van der Waals surface area contributed by atoms with Crippen molar-refractivity contribution in [3.8, 4) is 0 Å². The van der Waals surface area contributed by atoms with E-state index in [0.717, 1.165) is 11.3 Å². The molecule has 2 aromatic rings. The summed E-state index contributed by atoms with van der Waals surface area (Å²) < 4.78 is 24.2. The Morgan fingerprint density at radius 2 is 2.19 bits per heavy atom. The molecule has 0 saturated carbocycles. The first kappa shape index (κ1) is 16.3. The maximum atomic E-state index is 14.7. The maximum Gasteiger partial charge on any atom is 0.415 e. The summed E-state index contributed by atoms with van der Waals surface area (Å²) in [6, 6.07) is 8.36. The van der Waals surface area contributed by atoms with E-state index in [0.29, 0.717) is 24.5 Å². The molecule has 2 aliphatic rings. The van der Waals surface area contributed by atoms with Gasteiger partial charge in [0.15, 0.2) is 0 Å². The van der Waals surface area contributed by atoms with Crippen molar-refractivity contribution in [1.82, 2.24) is 4.98 Å². The Kier molecular flexibility index (Phi) is 3.95. The summed E-state index contributed by atoms with van der Waals surface area (Å²) in [6.45, 7) is 1.10. The third-order valence-electron chi connectivity index (χ3n) is 4.55. The Bertz CT molecular complexity index is 863. The summed E-state index contributed by atoms with van der Waals surface area (Å²) in [5.74, 6) is -1.09. The lowest BCUT2D eigenvalue weighted by Crippen LogP contribution is -2.28. The average molecular weight is 357 g/mol. The molecule has 26 heavy (non-hydrogen) atoms. The van der Waals surface area contributed by atoms with Gasteiger partial charge in [-0.05, 0) is 29.8 Å². The van der Waals surface area contributed by atoms with Crippen molar-refractivity contribution < 1.29 is 23.5 Å². The first-order valence-electron chi connectivity index (χ1n) is 8.10. The van der Waals surface area contributed by atoms with Gasteiger partial charge in [-0.25, -0.2) is 14.0 Å². The van der Waals surface area contributed by atoms with Crippen molar-refractivity contribution in [1.29, 1.82) is 0 Å². The number of halogens is 1. The summed E-state index contributed by atoms with van der Waals surface area (Å²) in [5.41, 5.74) is 2.77. The zero-order chi connectivity index (χ0) is 18.3. The van der Waals surface area contributed by atoms with Gasteiger partial charge >= 0.3 is 12.1 Å². The lowest BCUT2D eigenvalue weighted by atomic mass is 10.2. The van der Waals surface area contributed by atoms with E-state index in [1.165, 1.54) is 18.1 Å². The van der Waals surface area contributed by atoms with Crippen LogP contribution >= 0.6 is 0 Å². The Balaban J connectivity index is 1.54. The van der Waals surface area contributed by atoms with Crippen LogP contribution in [0.3, 0.4) is 0 Å². The molecule has 1 amide bonds. The number of rotatable bonds is 3. The van der Waals surface area contributed by atoms with Crippen molar-refractivity contribution in [2.45, 2.75) is 19.2 Å². The van der Waals surface area contributed by atoms with Crippen molar-refractivity contribution in [2.75, 3.05) is 23.5 Å². The normalized spacial score (nSPS) is 18.7. The van der Waals surface area contributed by atoms with Gasteiger partial charge in [0, 0.05) is 12.7 Å². The summed E-state index contributed by atoms with van der Waals surface area (Å²) in [5, 5.41) is 0. The number of methoxy groups -OCH3 is 1. The number of esters is 1. The van der Waals surface area contributed by atoms with E-state index in [4.69, 9.17) is 4.74 Å². The van der Waals surface area contributed by atoms with Crippen LogP contribution in [0.1, 0.15) is 11.3 Å². The van der Waals surface area contributed by atoms with Gasteiger partial charge in [0.1, 0.15) is 5.82 Å². The van der Waals surface area contributed by atoms with Crippen molar-refractivity contribution >= 4 is 23.4 Å². The van der Waals surface area contributed by atoms with Gasteiger partial charge in [-0.15, -0.1) is 0 Å². The SMILES string of the molecule is COC(=O)[C@H]1CN(c2ccc(N3Cc4cccnc4C3)c(F)c2)C(=O)O1. The summed E-state index contributed by atoms with van der Waals surface area (Å²) in [6.07, 6.45) is 0.0121. The van der Waals surface area contributed by atoms with Gasteiger partial charge in [-0.1, -0.05) is 6.07 Å². The highest BCUT2D eigenvalue weighted by molar-refractivity contribution is 5.94. The molecule has 134 valence electrons. The van der Waals surface area contributed by atoms with Gasteiger partial charge < -0.3 is 14.4 Å². The number of fused-ring (bicyclic) bond motifs is 1. The molecule has 3 heterocycles. The molecule has 1 fully saturated rings. The molecule has 0 bridgehead atoms. The Morgan fingerprint density at radius 3 is 2.92 bits per heavy atom. The first-order chi connectivity index (χ1) is 12.6. The van der Waals surface area contributed by atoms with E-state index in [1.807, 2.05) is 17.0 Å². The molecule has 1 aromatic carbocycles. The fraction of sp³-hybridized carbons (Fsp3) is 0.278. The molecule has 8 heteroatoms. The largest absolute Gasteiger partial charge is 0.466 e. The molecule has 1 atom stereocenters. The Hall–Kier alpha value is -3.16. The highest BCUT2D eigenvalue weighted by Gasteiger charge is 2.38. The highest BCUT2D eigenvalue weighted by Crippen LogP contribution is 2.32. The molecular weight excluding hydrogens is 341 g/mol. The quantitative estimate of drug-likeness (QED) is 0.785. The second-order valence-electron chi connectivity index (χ2n) is 6.11. The van der Waals surface area contributed by atoms with E-state index in [9.17, 15) is 14.0 Å². The van der Waals surface area contributed by atoms with E-state index < -0.39 is 24.0 Å². The molecule has 0 N–H and O–H groups in total. The molecule has 0 aliphatic carbocycles. The number of aromatic nitrogens is 1. The fourth-order valence-corrected chi connectivity index (χ4v) is 3.22. The van der Waals surface area contributed by atoms with Crippen molar-refractivity contribution in [2.24, 2.45) is 0 Å². The number of benzene rings is 1. The van der Waals surface area contributed by atoms with Crippen LogP contribution in [0, 0.1) is 5.82 Å². The number of cyclic esters (lactones) is 1. The standard InChI is InChI=1S/C18H16FN3O4/c1-25-17(23)16-10-22(18(24)26-16)12-4-5-15(13(19)7-12)21-8-11-3-2-6-20-14(11)9-21/h2-7,16H,8-10H2,1H3/t16-/m1/s1. The van der Waals surface area contributed by atoms with Crippen LogP contribution in [0.2, 0.25) is 0 Å². The van der Waals surface area contributed by atoms with Crippen LogP contribution in [0.25, 0.3) is 0 Å². The number of ether oxygens (including phenoxy) is 2. The molecule has 0 radical (unpaired) electrons. The summed E-state index contributed by atoms with van der Waals surface area (Å²) in [7, 11) is 1.22. The van der Waals surface area contributed by atoms with E-state index in [1.54, 1.807) is 18.3 Å². The maximum absolute atomic E-state index is 14.7. The second-order valence-corrected chi connectivity index (χ2v) is 6.11. The molecule has 0 spiro atoms. The predicted octanol–water partition coefficient (Wildman–Crippen LogP) is 2.24. The Labute approximate surface area is 148 Å². The van der Waals surface area contributed by atoms with Gasteiger partial charge in [-0.3, -0.25) is 9.88 Å². The lowest BCUT2D eigenvalue weighted by molar-refractivity contribution is -0.148. The monoisotopic (exact) mass is 357 g/mol. The number of nitrogens with zero attached hydrogens (tertiary/aromatic N) is 3. The third-order valence-corrected chi connectivity index (χ3v) is 4.55. The summed E-state index contributed by atoms with van der Waals surface area (Å²) in [4.78, 5) is 30.9. The molecule has 1 aromatic heterocycles. The number of hydrogen-bond donors (Lipinski definition) is 0. The van der Waals surface area contributed by atoms with Gasteiger partial charge in [0.05, 0.1) is 37.3 Å². The summed E-state index contributed by atoms with van der Waals surface area (Å²) >= 11 is 0. The number of carbonyl (C=O) groups excluding carboxylic acids is 2. The number of carbonyl (C=O) groups is 2. The molecule has 7 nitrogen and oxygen atoms in total. The fourth-order valence-electron chi connectivity index (χ4n) is 3.22. The van der Waals surface area contributed by atoms with E-state index in [-0.39, 0.29) is 6.54 Å². The van der Waals surface area contributed by atoms with E-state index >= 15 is 0 Å². The molecule has 4 rings (SSSR count). The van der Waals surface area contributed by atoms with Gasteiger partial charge in [0.25, 0.3) is 0 Å². The van der Waals surface area contributed by atoms with Gasteiger partial charge in [-0.2, -0.15) is 0 Å². The number of amides is 1. The smallest absolute Gasteiger partial charge is 0.415 e. The lowest BCUT2D eigenvalue weighted by Gasteiger charge is -2.20. The van der Waals surface area contributed by atoms with Crippen LogP contribution in [-0.4, -0.2) is 36.8 Å². The minimum atomic E-state index is -1.01. The minimum Gasteiger partial charge on any atom is -0.466 e. The molecular formula is C18H16FN3O4. The van der Waals surface area contributed by atoms with E-state index in [2.05, 4.69) is 9.72 Å². The zero-order valence-corrected chi connectivity index (χ0v) is 14.0. The van der Waals surface area contributed by atoms with Crippen molar-refractivity contribution in [3.05, 3.63) is 53.6 Å². The van der Waals surface area contributed by atoms with Crippen LogP contribution in [0.15, 0.2) is 36.5 Å². The zero-order valence-electron chi connectivity index (χ0n) is 14.0.